The molecule has 0 spiro atoms. The molecule has 1 aliphatic heterocycles. The fraction of sp³-hybridized carbons (Fsp3) is 0.444. The fourth-order valence-corrected chi connectivity index (χ4v) is 2.78. The zero-order chi connectivity index (χ0) is 19.1. The second-order valence-corrected chi connectivity index (χ2v) is 5.97. The summed E-state index contributed by atoms with van der Waals surface area (Å²) in [7, 11) is 5.20. The maximum Gasteiger partial charge on any atom is 0.337 e. The largest absolute Gasteiger partial charge is 0.497 e. The quantitative estimate of drug-likeness (QED) is 0.558. The van der Waals surface area contributed by atoms with Crippen molar-refractivity contribution in [1.82, 2.24) is 10.6 Å². The summed E-state index contributed by atoms with van der Waals surface area (Å²) in [6.45, 7) is 3.32. The van der Waals surface area contributed by atoms with Crippen LogP contribution in [0.25, 0.3) is 0 Å². The Morgan fingerprint density at radius 2 is 2.00 bits per heavy atom. The number of amides is 2. The Kier molecular flexibility index (Phi) is 6.85. The van der Waals surface area contributed by atoms with Crippen LogP contribution in [0.5, 0.6) is 11.5 Å². The molecule has 1 aromatic rings. The monoisotopic (exact) mass is 364 g/mol. The second-order valence-electron chi connectivity index (χ2n) is 5.97. The van der Waals surface area contributed by atoms with Gasteiger partial charge in [-0.3, -0.25) is 0 Å². The topological polar surface area (TPSA) is 90.3 Å². The number of esters is 1. The minimum absolute atomic E-state index is 0.166. The van der Waals surface area contributed by atoms with E-state index in [4.69, 9.17) is 14.2 Å². The molecule has 1 atom stereocenters. The Labute approximate surface area is 153 Å². The summed E-state index contributed by atoms with van der Waals surface area (Å²) in [5.74, 6) is 1.05. The van der Waals surface area contributed by atoms with E-state index >= 15 is 0 Å². The van der Waals surface area contributed by atoms with Gasteiger partial charge in [0, 0.05) is 11.6 Å². The third-order valence-corrected chi connectivity index (χ3v) is 4.04. The van der Waals surface area contributed by atoms with E-state index in [0.717, 1.165) is 22.0 Å². The third kappa shape index (κ3) is 4.89. The highest BCUT2D eigenvalue weighted by Gasteiger charge is 2.26. The van der Waals surface area contributed by atoms with Gasteiger partial charge in [0.2, 0.25) is 0 Å². The molecule has 8 heteroatoms. The van der Waals surface area contributed by atoms with Crippen LogP contribution in [-0.4, -0.2) is 53.0 Å². The summed E-state index contributed by atoms with van der Waals surface area (Å²) < 4.78 is 15.7. The minimum Gasteiger partial charge on any atom is -0.497 e. The van der Waals surface area contributed by atoms with Crippen LogP contribution < -0.4 is 25.0 Å². The molecular formula is C18H26N3O5+. The van der Waals surface area contributed by atoms with Gasteiger partial charge in [-0.1, -0.05) is 0 Å². The molecule has 2 amide bonds. The van der Waals surface area contributed by atoms with Crippen molar-refractivity contribution in [3.05, 3.63) is 35.0 Å². The van der Waals surface area contributed by atoms with Crippen molar-refractivity contribution in [3.63, 3.8) is 0 Å². The van der Waals surface area contributed by atoms with Crippen molar-refractivity contribution in [2.24, 2.45) is 0 Å². The molecule has 0 radical (unpaired) electrons. The normalized spacial score (nSPS) is 15.0. The van der Waals surface area contributed by atoms with Gasteiger partial charge in [0.25, 0.3) is 0 Å². The van der Waals surface area contributed by atoms with Gasteiger partial charge in [-0.25, -0.2) is 9.59 Å². The van der Waals surface area contributed by atoms with Gasteiger partial charge in [0.1, 0.15) is 24.6 Å². The Morgan fingerprint density at radius 3 is 2.65 bits per heavy atom. The number of hydrogen-bond acceptors (Lipinski definition) is 5. The second kappa shape index (κ2) is 9.10. The van der Waals surface area contributed by atoms with Crippen LogP contribution in [0.3, 0.4) is 0 Å². The molecule has 0 saturated heterocycles. The van der Waals surface area contributed by atoms with Crippen molar-refractivity contribution in [2.75, 3.05) is 41.0 Å². The summed E-state index contributed by atoms with van der Waals surface area (Å²) in [4.78, 5) is 24.8. The predicted molar refractivity (Wildman–Crippen MR) is 95.2 cm³/mol. The van der Waals surface area contributed by atoms with Crippen LogP contribution in [0.4, 0.5) is 4.79 Å². The van der Waals surface area contributed by atoms with E-state index in [0.29, 0.717) is 24.4 Å². The van der Waals surface area contributed by atoms with E-state index in [-0.39, 0.29) is 19.2 Å². The van der Waals surface area contributed by atoms with Gasteiger partial charge in [0.15, 0.2) is 0 Å². The van der Waals surface area contributed by atoms with Crippen molar-refractivity contribution >= 4 is 12.0 Å². The van der Waals surface area contributed by atoms with Gasteiger partial charge >= 0.3 is 12.0 Å². The third-order valence-electron chi connectivity index (χ3n) is 4.04. The molecule has 0 fully saturated rings. The molecule has 0 saturated carbocycles. The smallest absolute Gasteiger partial charge is 0.337 e. The molecule has 3 N–H and O–H groups in total. The lowest BCUT2D eigenvalue weighted by Gasteiger charge is -2.24. The van der Waals surface area contributed by atoms with Crippen LogP contribution in [0.15, 0.2) is 29.5 Å². The Balaban J connectivity index is 2.15. The van der Waals surface area contributed by atoms with Crippen LogP contribution in [-0.2, 0) is 16.1 Å². The maximum absolute atomic E-state index is 12.1. The zero-order valence-electron chi connectivity index (χ0n) is 15.6. The highest BCUT2D eigenvalue weighted by atomic mass is 16.5. The van der Waals surface area contributed by atoms with Gasteiger partial charge in [-0.2, -0.15) is 0 Å². The highest BCUT2D eigenvalue weighted by Crippen LogP contribution is 2.23. The minimum atomic E-state index is -0.412. The average Bonchev–Trinajstić information content (AvgIpc) is 2.62. The van der Waals surface area contributed by atoms with Gasteiger partial charge in [-0.05, 0) is 19.1 Å². The molecule has 0 bridgehead atoms. The zero-order valence-corrected chi connectivity index (χ0v) is 15.6. The van der Waals surface area contributed by atoms with Crippen LogP contribution in [0.1, 0.15) is 12.5 Å². The first-order valence-corrected chi connectivity index (χ1v) is 8.44. The Bertz CT molecular complexity index is 702. The maximum atomic E-state index is 12.1. The summed E-state index contributed by atoms with van der Waals surface area (Å²) >= 11 is 0. The lowest BCUT2D eigenvalue weighted by atomic mass is 10.1. The van der Waals surface area contributed by atoms with Gasteiger partial charge < -0.3 is 29.7 Å². The van der Waals surface area contributed by atoms with E-state index in [1.54, 1.807) is 21.1 Å². The number of methoxy groups -OCH3 is 2. The first kappa shape index (κ1) is 19.6. The fourth-order valence-electron chi connectivity index (χ4n) is 2.78. The lowest BCUT2D eigenvalue weighted by Crippen LogP contribution is -3.08. The summed E-state index contributed by atoms with van der Waals surface area (Å²) in [5, 5.41) is 5.33. The van der Waals surface area contributed by atoms with Crippen LogP contribution in [0.2, 0.25) is 0 Å². The molecule has 8 nitrogen and oxygen atoms in total. The van der Waals surface area contributed by atoms with Gasteiger partial charge in [0.05, 0.1) is 45.7 Å². The number of quaternary nitrogens is 1. The van der Waals surface area contributed by atoms with E-state index in [1.807, 2.05) is 25.2 Å². The van der Waals surface area contributed by atoms with Crippen LogP contribution in [0, 0.1) is 0 Å². The van der Waals surface area contributed by atoms with Crippen molar-refractivity contribution < 1.29 is 28.7 Å². The lowest BCUT2D eigenvalue weighted by molar-refractivity contribution is -0.889. The number of hydrogen-bond donors (Lipinski definition) is 3. The molecule has 2 rings (SSSR count). The first-order valence-electron chi connectivity index (χ1n) is 8.44. The number of nitrogens with one attached hydrogen (secondary N) is 3. The molecule has 0 aliphatic carbocycles. The summed E-state index contributed by atoms with van der Waals surface area (Å²) in [6.07, 6.45) is 0. The number of likely N-dealkylation sites (N-methyl/N-ethyl adjacent to an activating group) is 1. The van der Waals surface area contributed by atoms with E-state index < -0.39 is 5.97 Å². The summed E-state index contributed by atoms with van der Waals surface area (Å²) in [6, 6.07) is 5.34. The standard InChI is InChI=1S/C18H25N3O5/c1-5-26-17(22)14-9-19-18(23)20-15(14)11-21(2)10-12-6-7-13(24-3)8-16(12)25-4/h6-8H,5,9-11H2,1-4H3,(H2,19,20,23)/p+1. The number of rotatable bonds is 8. The van der Waals surface area contributed by atoms with Crippen molar-refractivity contribution in [2.45, 2.75) is 13.5 Å². The van der Waals surface area contributed by atoms with E-state index in [2.05, 4.69) is 10.6 Å². The first-order chi connectivity index (χ1) is 12.5. The molecular weight excluding hydrogens is 338 g/mol. The summed E-state index contributed by atoms with van der Waals surface area (Å²) in [5.41, 5.74) is 2.04. The van der Waals surface area contributed by atoms with E-state index in [9.17, 15) is 9.59 Å². The molecule has 0 aromatic heterocycles. The number of benzene rings is 1. The molecule has 1 heterocycles. The number of ether oxygens (including phenoxy) is 3. The molecule has 142 valence electrons. The Hall–Kier alpha value is -2.74. The van der Waals surface area contributed by atoms with Crippen molar-refractivity contribution in [3.8, 4) is 11.5 Å². The number of urea groups is 1. The number of carbonyl (C=O) groups is 2. The van der Waals surface area contributed by atoms with Crippen molar-refractivity contribution in [1.29, 1.82) is 0 Å². The number of carbonyl (C=O) groups excluding carboxylic acids is 2. The molecule has 1 aromatic carbocycles. The average molecular weight is 364 g/mol. The predicted octanol–water partition coefficient (Wildman–Crippen LogP) is -0.151. The molecule has 1 unspecified atom stereocenters. The molecule has 1 aliphatic rings. The van der Waals surface area contributed by atoms with E-state index in [1.165, 1.54) is 0 Å². The van der Waals surface area contributed by atoms with Crippen LogP contribution >= 0.6 is 0 Å². The molecule has 26 heavy (non-hydrogen) atoms. The Morgan fingerprint density at radius 1 is 1.23 bits per heavy atom. The SMILES string of the molecule is CCOC(=O)C1=C(C[NH+](C)Cc2ccc(OC)cc2OC)NC(=O)NC1. The van der Waals surface area contributed by atoms with Gasteiger partial charge in [-0.15, -0.1) is 0 Å². The highest BCUT2D eigenvalue weighted by molar-refractivity contribution is 5.93.